The van der Waals surface area contributed by atoms with Gasteiger partial charge in [-0.3, -0.25) is 0 Å². The third kappa shape index (κ3) is 2.38. The lowest BCUT2D eigenvalue weighted by atomic mass is 10.1. The van der Waals surface area contributed by atoms with Crippen LogP contribution >= 0.6 is 0 Å². The van der Waals surface area contributed by atoms with E-state index in [1.54, 1.807) is 0 Å². The first kappa shape index (κ1) is 13.4. The van der Waals surface area contributed by atoms with E-state index in [0.29, 0.717) is 0 Å². The van der Waals surface area contributed by atoms with Crippen LogP contribution in [0.5, 0.6) is 0 Å². The molecule has 1 saturated heterocycles. The van der Waals surface area contributed by atoms with Gasteiger partial charge in [-0.05, 0) is 30.7 Å². The van der Waals surface area contributed by atoms with E-state index in [-0.39, 0.29) is 0 Å². The SMILES string of the molecule is Cc1cc(N2CCNCC2)c2oc(-c3ccccc3)cc2c1. The smallest absolute Gasteiger partial charge is 0.158 e. The van der Waals surface area contributed by atoms with Crippen molar-refractivity contribution in [2.45, 2.75) is 6.92 Å². The zero-order chi connectivity index (χ0) is 14.9. The Balaban J connectivity index is 1.84. The average molecular weight is 292 g/mol. The zero-order valence-corrected chi connectivity index (χ0v) is 12.8. The molecule has 0 saturated carbocycles. The molecule has 4 rings (SSSR count). The summed E-state index contributed by atoms with van der Waals surface area (Å²) in [6, 6.07) is 16.9. The van der Waals surface area contributed by atoms with Crippen molar-refractivity contribution in [3.8, 4) is 11.3 Å². The minimum Gasteiger partial charge on any atom is -0.454 e. The van der Waals surface area contributed by atoms with Gasteiger partial charge in [0.05, 0.1) is 5.69 Å². The Kier molecular flexibility index (Phi) is 3.35. The van der Waals surface area contributed by atoms with E-state index < -0.39 is 0 Å². The van der Waals surface area contributed by atoms with E-state index in [1.165, 1.54) is 16.6 Å². The normalized spacial score (nSPS) is 15.4. The minimum atomic E-state index is 0.942. The lowest BCUT2D eigenvalue weighted by Crippen LogP contribution is -2.43. The summed E-state index contributed by atoms with van der Waals surface area (Å²) in [4.78, 5) is 2.42. The van der Waals surface area contributed by atoms with Crippen LogP contribution in [0.3, 0.4) is 0 Å². The largest absolute Gasteiger partial charge is 0.454 e. The number of anilines is 1. The highest BCUT2D eigenvalue weighted by Crippen LogP contribution is 2.35. The van der Waals surface area contributed by atoms with E-state index in [2.05, 4.69) is 47.5 Å². The van der Waals surface area contributed by atoms with Crippen LogP contribution in [-0.4, -0.2) is 26.2 Å². The molecule has 0 aliphatic carbocycles. The molecule has 1 N–H and O–H groups in total. The highest BCUT2D eigenvalue weighted by Gasteiger charge is 2.17. The van der Waals surface area contributed by atoms with Crippen molar-refractivity contribution >= 4 is 16.7 Å². The second-order valence-corrected chi connectivity index (χ2v) is 5.92. The molecule has 0 atom stereocenters. The highest BCUT2D eigenvalue weighted by atomic mass is 16.3. The summed E-state index contributed by atoms with van der Waals surface area (Å²) >= 11 is 0. The van der Waals surface area contributed by atoms with Gasteiger partial charge in [0.2, 0.25) is 0 Å². The fourth-order valence-electron chi connectivity index (χ4n) is 3.17. The van der Waals surface area contributed by atoms with Crippen LogP contribution in [0.2, 0.25) is 0 Å². The Morgan fingerprint density at radius 2 is 1.77 bits per heavy atom. The van der Waals surface area contributed by atoms with E-state index in [0.717, 1.165) is 43.1 Å². The predicted octanol–water partition coefficient (Wildman–Crippen LogP) is 3.82. The number of rotatable bonds is 2. The number of nitrogens with one attached hydrogen (secondary N) is 1. The summed E-state index contributed by atoms with van der Waals surface area (Å²) in [5.41, 5.74) is 4.63. The maximum absolute atomic E-state index is 6.23. The maximum atomic E-state index is 6.23. The second-order valence-electron chi connectivity index (χ2n) is 5.92. The molecule has 0 unspecified atom stereocenters. The van der Waals surface area contributed by atoms with Gasteiger partial charge in [-0.1, -0.05) is 30.3 Å². The Labute approximate surface area is 130 Å². The summed E-state index contributed by atoms with van der Waals surface area (Å²) < 4.78 is 6.23. The molecule has 1 aliphatic heterocycles. The first-order chi connectivity index (χ1) is 10.8. The minimum absolute atomic E-state index is 0.942. The number of hydrogen-bond acceptors (Lipinski definition) is 3. The molecule has 22 heavy (non-hydrogen) atoms. The standard InChI is InChI=1S/C19H20N2O/c1-14-11-16-13-18(15-5-3-2-4-6-15)22-19(16)17(12-14)21-9-7-20-8-10-21/h2-6,11-13,20H,7-10H2,1H3. The molecule has 0 spiro atoms. The third-order valence-corrected chi connectivity index (χ3v) is 4.26. The number of aryl methyl sites for hydroxylation is 1. The number of benzene rings is 2. The molecule has 0 radical (unpaired) electrons. The Morgan fingerprint density at radius 1 is 1.00 bits per heavy atom. The fraction of sp³-hybridized carbons (Fsp3) is 0.263. The van der Waals surface area contributed by atoms with E-state index in [9.17, 15) is 0 Å². The third-order valence-electron chi connectivity index (χ3n) is 4.26. The molecule has 1 aliphatic rings. The van der Waals surface area contributed by atoms with Crippen molar-refractivity contribution in [3.05, 3.63) is 54.1 Å². The fourth-order valence-corrected chi connectivity index (χ4v) is 3.17. The lowest BCUT2D eigenvalue weighted by Gasteiger charge is -2.29. The molecule has 112 valence electrons. The van der Waals surface area contributed by atoms with E-state index in [1.807, 2.05) is 18.2 Å². The van der Waals surface area contributed by atoms with Gasteiger partial charge in [0.1, 0.15) is 5.76 Å². The van der Waals surface area contributed by atoms with Crippen LogP contribution in [0.4, 0.5) is 5.69 Å². The van der Waals surface area contributed by atoms with Crippen LogP contribution in [0.1, 0.15) is 5.56 Å². The van der Waals surface area contributed by atoms with Gasteiger partial charge >= 0.3 is 0 Å². The number of nitrogens with zero attached hydrogens (tertiary/aromatic N) is 1. The summed E-state index contributed by atoms with van der Waals surface area (Å²) in [6.07, 6.45) is 0. The van der Waals surface area contributed by atoms with Crippen LogP contribution in [0.15, 0.2) is 52.9 Å². The van der Waals surface area contributed by atoms with Crippen molar-refractivity contribution in [1.29, 1.82) is 0 Å². The Hall–Kier alpha value is -2.26. The van der Waals surface area contributed by atoms with E-state index in [4.69, 9.17) is 4.42 Å². The average Bonchev–Trinajstić information content (AvgIpc) is 2.99. The van der Waals surface area contributed by atoms with Gasteiger partial charge in [-0.2, -0.15) is 0 Å². The summed E-state index contributed by atoms with van der Waals surface area (Å²) in [5, 5.41) is 4.59. The van der Waals surface area contributed by atoms with Crippen molar-refractivity contribution < 1.29 is 4.42 Å². The molecule has 0 bridgehead atoms. The zero-order valence-electron chi connectivity index (χ0n) is 12.8. The van der Waals surface area contributed by atoms with Crippen LogP contribution < -0.4 is 10.2 Å². The van der Waals surface area contributed by atoms with Gasteiger partial charge < -0.3 is 14.6 Å². The van der Waals surface area contributed by atoms with Gasteiger partial charge in [0, 0.05) is 37.1 Å². The van der Waals surface area contributed by atoms with Gasteiger partial charge in [0.25, 0.3) is 0 Å². The maximum Gasteiger partial charge on any atom is 0.158 e. The first-order valence-corrected chi connectivity index (χ1v) is 7.86. The van der Waals surface area contributed by atoms with Crippen molar-refractivity contribution in [3.63, 3.8) is 0 Å². The van der Waals surface area contributed by atoms with Gasteiger partial charge in [-0.25, -0.2) is 0 Å². The number of hydrogen-bond donors (Lipinski definition) is 1. The Bertz CT molecular complexity index is 786. The quantitative estimate of drug-likeness (QED) is 0.778. The summed E-state index contributed by atoms with van der Waals surface area (Å²) in [5.74, 6) is 0.942. The van der Waals surface area contributed by atoms with Crippen LogP contribution in [0.25, 0.3) is 22.3 Å². The second kappa shape index (κ2) is 5.50. The number of furan rings is 1. The van der Waals surface area contributed by atoms with Crippen LogP contribution in [0, 0.1) is 6.92 Å². The summed E-state index contributed by atoms with van der Waals surface area (Å²) in [6.45, 7) is 6.27. The summed E-state index contributed by atoms with van der Waals surface area (Å²) in [7, 11) is 0. The molecule has 2 aromatic carbocycles. The van der Waals surface area contributed by atoms with Gasteiger partial charge in [0.15, 0.2) is 5.58 Å². The Morgan fingerprint density at radius 3 is 2.55 bits per heavy atom. The highest BCUT2D eigenvalue weighted by molar-refractivity contribution is 5.93. The molecular formula is C19H20N2O. The van der Waals surface area contributed by atoms with Crippen molar-refractivity contribution in [2.24, 2.45) is 0 Å². The molecule has 1 aromatic heterocycles. The van der Waals surface area contributed by atoms with Gasteiger partial charge in [-0.15, -0.1) is 0 Å². The molecule has 0 amide bonds. The molecule has 2 heterocycles. The monoisotopic (exact) mass is 292 g/mol. The number of piperazine rings is 1. The molecule has 1 fully saturated rings. The first-order valence-electron chi connectivity index (χ1n) is 7.86. The van der Waals surface area contributed by atoms with Crippen molar-refractivity contribution in [1.82, 2.24) is 5.32 Å². The van der Waals surface area contributed by atoms with Crippen molar-refractivity contribution in [2.75, 3.05) is 31.1 Å². The molecule has 3 nitrogen and oxygen atoms in total. The number of fused-ring (bicyclic) bond motifs is 1. The lowest BCUT2D eigenvalue weighted by molar-refractivity contribution is 0.582. The molecular weight excluding hydrogens is 272 g/mol. The molecule has 3 heteroatoms. The topological polar surface area (TPSA) is 28.4 Å². The predicted molar refractivity (Wildman–Crippen MR) is 91.5 cm³/mol. The molecule has 3 aromatic rings. The van der Waals surface area contributed by atoms with Crippen LogP contribution in [-0.2, 0) is 0 Å². The van der Waals surface area contributed by atoms with E-state index >= 15 is 0 Å².